The van der Waals surface area contributed by atoms with Crippen LogP contribution in [0.25, 0.3) is 21.6 Å². The molecule has 0 fully saturated rings. The fourth-order valence-corrected chi connectivity index (χ4v) is 2.51. The number of benzene rings is 2. The van der Waals surface area contributed by atoms with E-state index >= 15 is 0 Å². The van der Waals surface area contributed by atoms with Gasteiger partial charge in [-0.1, -0.05) is 17.2 Å². The summed E-state index contributed by atoms with van der Waals surface area (Å²) in [6.45, 7) is 0.576. The minimum absolute atomic E-state index is 0.152. The van der Waals surface area contributed by atoms with Gasteiger partial charge in [-0.25, -0.2) is 4.39 Å². The number of methoxy groups -OCH3 is 1. The van der Waals surface area contributed by atoms with Crippen LogP contribution in [-0.4, -0.2) is 26.3 Å². The van der Waals surface area contributed by atoms with Gasteiger partial charge < -0.3 is 14.8 Å². The molecule has 0 radical (unpaired) electrons. The number of hydrogen-bond acceptors (Lipinski definition) is 4. The zero-order valence-electron chi connectivity index (χ0n) is 12.5. The molecule has 1 aliphatic rings. The average Bonchev–Trinajstić information content (AvgIpc) is 2.59. The van der Waals surface area contributed by atoms with E-state index in [1.54, 1.807) is 7.11 Å². The van der Waals surface area contributed by atoms with Crippen LogP contribution in [0.5, 0.6) is 11.5 Å². The van der Waals surface area contributed by atoms with Crippen LogP contribution in [0.4, 0.5) is 10.1 Å². The van der Waals surface area contributed by atoms with Crippen LogP contribution in [0.15, 0.2) is 41.5 Å². The molecule has 2 aromatic carbocycles. The Morgan fingerprint density at radius 2 is 2.17 bits per heavy atom. The first kappa shape index (κ1) is 15.0. The number of azide groups is 1. The molecular weight excluding hydrogens is 299 g/mol. The first-order chi connectivity index (χ1) is 11.2. The molecule has 0 amide bonds. The molecule has 0 bridgehead atoms. The molecular formula is C16H15FN4O2. The van der Waals surface area contributed by atoms with Crippen molar-refractivity contribution < 1.29 is 13.9 Å². The lowest BCUT2D eigenvalue weighted by molar-refractivity contribution is 0.285. The van der Waals surface area contributed by atoms with E-state index in [0.29, 0.717) is 23.6 Å². The van der Waals surface area contributed by atoms with Crippen molar-refractivity contribution in [1.82, 2.24) is 0 Å². The Morgan fingerprint density at radius 3 is 2.87 bits per heavy atom. The van der Waals surface area contributed by atoms with E-state index in [1.165, 1.54) is 12.1 Å². The number of nitrogens with one attached hydrogen (secondary N) is 1. The Labute approximate surface area is 132 Å². The molecule has 23 heavy (non-hydrogen) atoms. The van der Waals surface area contributed by atoms with E-state index in [9.17, 15) is 4.39 Å². The topological polar surface area (TPSA) is 79.2 Å². The van der Waals surface area contributed by atoms with Crippen molar-refractivity contribution in [2.75, 3.05) is 25.6 Å². The Bertz CT molecular complexity index is 757. The summed E-state index contributed by atoms with van der Waals surface area (Å²) in [5, 5.41) is 6.83. The van der Waals surface area contributed by atoms with Crippen molar-refractivity contribution in [3.8, 4) is 22.6 Å². The summed E-state index contributed by atoms with van der Waals surface area (Å²) in [6, 6.07) is 9.98. The molecule has 0 aromatic heterocycles. The Balaban J connectivity index is 2.00. The largest absolute Gasteiger partial charge is 0.497 e. The van der Waals surface area contributed by atoms with Gasteiger partial charge in [-0.2, -0.15) is 0 Å². The van der Waals surface area contributed by atoms with Gasteiger partial charge in [0.25, 0.3) is 0 Å². The molecule has 1 N–H and O–H groups in total. The molecule has 0 aliphatic carbocycles. The second-order valence-electron chi connectivity index (χ2n) is 5.12. The van der Waals surface area contributed by atoms with Crippen molar-refractivity contribution in [1.29, 1.82) is 0 Å². The number of fused-ring (bicyclic) bond motifs is 1. The number of anilines is 1. The number of nitrogens with zero attached hydrogens (tertiary/aromatic N) is 3. The highest BCUT2D eigenvalue weighted by Crippen LogP contribution is 2.39. The van der Waals surface area contributed by atoms with Crippen molar-refractivity contribution in [3.63, 3.8) is 0 Å². The van der Waals surface area contributed by atoms with Crippen LogP contribution in [0.2, 0.25) is 0 Å². The summed E-state index contributed by atoms with van der Waals surface area (Å²) < 4.78 is 24.6. The van der Waals surface area contributed by atoms with Gasteiger partial charge in [-0.15, -0.1) is 0 Å². The molecule has 0 saturated carbocycles. The highest BCUT2D eigenvalue weighted by Gasteiger charge is 2.22. The molecule has 1 heterocycles. The average molecular weight is 314 g/mol. The van der Waals surface area contributed by atoms with Gasteiger partial charge in [0.1, 0.15) is 23.9 Å². The summed E-state index contributed by atoms with van der Waals surface area (Å²) in [5.41, 5.74) is 10.7. The Kier molecular flexibility index (Phi) is 4.21. The molecule has 3 rings (SSSR count). The lowest BCUT2D eigenvalue weighted by atomic mass is 10.0. The number of halogens is 1. The third kappa shape index (κ3) is 3.14. The SMILES string of the molecule is COc1ccc(-c2cc(F)cc3c2NC(CN=[N+]=[N-])CO3)cc1. The van der Waals surface area contributed by atoms with Crippen molar-refractivity contribution in [2.45, 2.75) is 6.04 Å². The van der Waals surface area contributed by atoms with E-state index < -0.39 is 0 Å². The second kappa shape index (κ2) is 6.46. The standard InChI is InChI=1S/C16H15FN4O2/c1-22-13-4-2-10(3-5-13)14-6-11(17)7-15-16(14)20-12(9-23-15)8-19-21-18/h2-7,12,20H,8-9H2,1H3. The third-order valence-corrected chi connectivity index (χ3v) is 3.62. The van der Waals surface area contributed by atoms with Crippen LogP contribution in [0.3, 0.4) is 0 Å². The van der Waals surface area contributed by atoms with Crippen molar-refractivity contribution >= 4 is 5.69 Å². The summed E-state index contributed by atoms with van der Waals surface area (Å²) >= 11 is 0. The molecule has 1 unspecified atom stereocenters. The van der Waals surface area contributed by atoms with Gasteiger partial charge in [-0.05, 0) is 29.3 Å². The number of hydrogen-bond donors (Lipinski definition) is 1. The van der Waals surface area contributed by atoms with Gasteiger partial charge in [0, 0.05) is 23.1 Å². The lowest BCUT2D eigenvalue weighted by Crippen LogP contribution is -2.34. The van der Waals surface area contributed by atoms with Gasteiger partial charge in [0.2, 0.25) is 0 Å². The van der Waals surface area contributed by atoms with Crippen LogP contribution in [-0.2, 0) is 0 Å². The second-order valence-corrected chi connectivity index (χ2v) is 5.12. The first-order valence-electron chi connectivity index (χ1n) is 7.09. The lowest BCUT2D eigenvalue weighted by Gasteiger charge is -2.28. The number of ether oxygens (including phenoxy) is 2. The Hall–Kier alpha value is -2.92. The van der Waals surface area contributed by atoms with Crippen LogP contribution in [0, 0.1) is 5.82 Å². The van der Waals surface area contributed by atoms with Crippen molar-refractivity contribution in [3.05, 3.63) is 52.7 Å². The first-order valence-corrected chi connectivity index (χ1v) is 7.09. The highest BCUT2D eigenvalue weighted by molar-refractivity contribution is 5.83. The van der Waals surface area contributed by atoms with Gasteiger partial charge >= 0.3 is 0 Å². The minimum Gasteiger partial charge on any atom is -0.497 e. The zero-order valence-corrected chi connectivity index (χ0v) is 12.5. The van der Waals surface area contributed by atoms with E-state index in [0.717, 1.165) is 11.3 Å². The van der Waals surface area contributed by atoms with E-state index in [1.807, 2.05) is 24.3 Å². The molecule has 118 valence electrons. The molecule has 6 nitrogen and oxygen atoms in total. The maximum absolute atomic E-state index is 13.9. The quantitative estimate of drug-likeness (QED) is 0.526. The molecule has 0 spiro atoms. The fraction of sp³-hybridized carbons (Fsp3) is 0.250. The number of rotatable bonds is 4. The predicted molar refractivity (Wildman–Crippen MR) is 85.3 cm³/mol. The van der Waals surface area contributed by atoms with Gasteiger partial charge in [0.15, 0.2) is 0 Å². The summed E-state index contributed by atoms with van der Waals surface area (Å²) in [4.78, 5) is 2.76. The maximum atomic E-state index is 13.9. The summed E-state index contributed by atoms with van der Waals surface area (Å²) in [5.74, 6) is 0.808. The zero-order chi connectivity index (χ0) is 16.2. The third-order valence-electron chi connectivity index (χ3n) is 3.62. The summed E-state index contributed by atoms with van der Waals surface area (Å²) in [7, 11) is 1.59. The maximum Gasteiger partial charge on any atom is 0.146 e. The highest BCUT2D eigenvalue weighted by atomic mass is 19.1. The van der Waals surface area contributed by atoms with Crippen LogP contribution in [0.1, 0.15) is 0 Å². The van der Waals surface area contributed by atoms with Crippen molar-refractivity contribution in [2.24, 2.45) is 5.11 Å². The normalized spacial score (nSPS) is 15.7. The molecule has 1 atom stereocenters. The van der Waals surface area contributed by atoms with Crippen LogP contribution < -0.4 is 14.8 Å². The molecule has 1 aliphatic heterocycles. The molecule has 2 aromatic rings. The predicted octanol–water partition coefficient (Wildman–Crippen LogP) is 3.98. The van der Waals surface area contributed by atoms with E-state index in [-0.39, 0.29) is 18.4 Å². The monoisotopic (exact) mass is 314 g/mol. The van der Waals surface area contributed by atoms with Gasteiger partial charge in [-0.3, -0.25) is 0 Å². The Morgan fingerprint density at radius 1 is 1.39 bits per heavy atom. The summed E-state index contributed by atoms with van der Waals surface area (Å²) in [6.07, 6.45) is 0. The van der Waals surface area contributed by atoms with Gasteiger partial charge in [0.05, 0.1) is 18.8 Å². The van der Waals surface area contributed by atoms with E-state index in [4.69, 9.17) is 15.0 Å². The fourth-order valence-electron chi connectivity index (χ4n) is 2.51. The molecule has 0 saturated heterocycles. The molecule has 7 heteroatoms. The van der Waals surface area contributed by atoms with E-state index in [2.05, 4.69) is 15.3 Å². The minimum atomic E-state index is -0.370. The smallest absolute Gasteiger partial charge is 0.146 e. The van der Waals surface area contributed by atoms with Crippen LogP contribution >= 0.6 is 0 Å².